The van der Waals surface area contributed by atoms with E-state index in [0.29, 0.717) is 6.42 Å². The van der Waals surface area contributed by atoms with E-state index in [1.165, 1.54) is 6.33 Å². The van der Waals surface area contributed by atoms with Gasteiger partial charge in [-0.15, -0.1) is 0 Å². The summed E-state index contributed by atoms with van der Waals surface area (Å²) in [6.45, 7) is 1.99. The molecule has 0 bridgehead atoms. The summed E-state index contributed by atoms with van der Waals surface area (Å²) in [4.78, 5) is 10.4. The van der Waals surface area contributed by atoms with Crippen LogP contribution in [0.1, 0.15) is 13.3 Å². The van der Waals surface area contributed by atoms with Crippen molar-refractivity contribution in [2.75, 3.05) is 11.9 Å². The average Bonchev–Trinajstić information content (AvgIpc) is 2.71. The first-order chi connectivity index (χ1) is 8.15. The van der Waals surface area contributed by atoms with Crippen molar-refractivity contribution in [3.63, 3.8) is 0 Å². The maximum absolute atomic E-state index is 8.72. The number of aryl methyl sites for hydroxylation is 1. The third-order valence-electron chi connectivity index (χ3n) is 2.89. The van der Waals surface area contributed by atoms with Gasteiger partial charge in [-0.05, 0) is 6.92 Å². The lowest BCUT2D eigenvalue weighted by atomic mass is 10.2. The molecule has 0 aliphatic heterocycles. The summed E-state index contributed by atoms with van der Waals surface area (Å²) in [7, 11) is 3.77. The topological polar surface area (TPSA) is 70.6 Å². The quantitative estimate of drug-likeness (QED) is 0.789. The minimum atomic E-state index is 0.110. The van der Waals surface area contributed by atoms with Crippen LogP contribution in [0.5, 0.6) is 0 Å². The molecule has 2 aromatic rings. The molecule has 88 valence electrons. The second-order valence-corrected chi connectivity index (χ2v) is 4.02. The Bertz CT molecular complexity index is 567. The fourth-order valence-corrected chi connectivity index (χ4v) is 1.71. The maximum atomic E-state index is 8.72. The molecule has 1 unspecified atom stereocenters. The highest BCUT2D eigenvalue weighted by Crippen LogP contribution is 2.22. The van der Waals surface area contributed by atoms with Crippen LogP contribution in [-0.4, -0.2) is 32.8 Å². The average molecular weight is 230 g/mol. The smallest absolute Gasteiger partial charge is 0.163 e. The second-order valence-electron chi connectivity index (χ2n) is 4.02. The van der Waals surface area contributed by atoms with Crippen LogP contribution in [-0.2, 0) is 7.05 Å². The number of nitrogens with zero attached hydrogens (tertiary/aromatic N) is 6. The van der Waals surface area contributed by atoms with Gasteiger partial charge >= 0.3 is 0 Å². The predicted octanol–water partition coefficient (Wildman–Crippen LogP) is 1.10. The van der Waals surface area contributed by atoms with Crippen LogP contribution in [0.4, 0.5) is 5.82 Å². The zero-order valence-electron chi connectivity index (χ0n) is 10.1. The molecule has 0 amide bonds. The number of hydrogen-bond acceptors (Lipinski definition) is 5. The maximum Gasteiger partial charge on any atom is 0.163 e. The molecule has 0 N–H and O–H groups in total. The van der Waals surface area contributed by atoms with Gasteiger partial charge in [0, 0.05) is 20.1 Å². The summed E-state index contributed by atoms with van der Waals surface area (Å²) in [5.74, 6) is 0.811. The van der Waals surface area contributed by atoms with Crippen molar-refractivity contribution in [3.05, 3.63) is 12.5 Å². The van der Waals surface area contributed by atoms with Crippen LogP contribution in [0, 0.1) is 11.3 Å². The molecule has 6 heteroatoms. The highest BCUT2D eigenvalue weighted by atomic mass is 15.3. The summed E-state index contributed by atoms with van der Waals surface area (Å²) < 4.78 is 1.71. The molecule has 0 spiro atoms. The van der Waals surface area contributed by atoms with E-state index in [1.807, 2.05) is 25.9 Å². The fourth-order valence-electron chi connectivity index (χ4n) is 1.71. The van der Waals surface area contributed by atoms with Crippen molar-refractivity contribution < 1.29 is 0 Å². The lowest BCUT2D eigenvalue weighted by Crippen LogP contribution is -2.29. The number of anilines is 1. The van der Waals surface area contributed by atoms with Crippen LogP contribution < -0.4 is 4.90 Å². The lowest BCUT2D eigenvalue weighted by molar-refractivity contribution is 0.695. The largest absolute Gasteiger partial charge is 0.355 e. The van der Waals surface area contributed by atoms with Crippen molar-refractivity contribution in [2.24, 2.45) is 7.05 Å². The van der Waals surface area contributed by atoms with Crippen LogP contribution in [0.3, 0.4) is 0 Å². The molecule has 0 radical (unpaired) electrons. The SMILES string of the molecule is CC(CC#N)N(C)c1ncnc2c1cnn2C. The standard InChI is InChI=1S/C11H14N6/c1-8(4-5-12)16(2)10-9-6-15-17(3)11(9)14-7-13-10/h6-8H,4H2,1-3H3. The minimum absolute atomic E-state index is 0.110. The summed E-state index contributed by atoms with van der Waals surface area (Å²) in [6.07, 6.45) is 3.73. The zero-order valence-corrected chi connectivity index (χ0v) is 10.1. The first-order valence-electron chi connectivity index (χ1n) is 5.37. The Balaban J connectivity index is 2.45. The Morgan fingerprint density at radius 3 is 3.00 bits per heavy atom. The van der Waals surface area contributed by atoms with Gasteiger partial charge in [0.1, 0.15) is 12.1 Å². The summed E-state index contributed by atoms with van der Waals surface area (Å²) in [5, 5.41) is 13.8. The first kappa shape index (κ1) is 11.3. The molecular formula is C11H14N6. The van der Waals surface area contributed by atoms with Gasteiger partial charge in [-0.25, -0.2) is 9.97 Å². The second kappa shape index (κ2) is 4.37. The Labute approximate surface area is 99.5 Å². The molecule has 2 rings (SSSR count). The number of aromatic nitrogens is 4. The molecule has 0 aliphatic rings. The number of hydrogen-bond donors (Lipinski definition) is 0. The van der Waals surface area contributed by atoms with Crippen LogP contribution in [0.15, 0.2) is 12.5 Å². The Morgan fingerprint density at radius 2 is 2.29 bits per heavy atom. The predicted molar refractivity (Wildman–Crippen MR) is 64.4 cm³/mol. The van der Waals surface area contributed by atoms with E-state index in [4.69, 9.17) is 5.26 Å². The summed E-state index contributed by atoms with van der Waals surface area (Å²) in [5.41, 5.74) is 0.797. The van der Waals surface area contributed by atoms with Gasteiger partial charge in [-0.1, -0.05) is 0 Å². The van der Waals surface area contributed by atoms with Crippen molar-refractivity contribution >= 4 is 16.9 Å². The van der Waals surface area contributed by atoms with Gasteiger partial charge in [0.25, 0.3) is 0 Å². The normalized spacial score (nSPS) is 12.4. The van der Waals surface area contributed by atoms with Gasteiger partial charge in [-0.2, -0.15) is 10.4 Å². The van der Waals surface area contributed by atoms with Crippen LogP contribution in [0.25, 0.3) is 11.0 Å². The Morgan fingerprint density at radius 1 is 1.53 bits per heavy atom. The molecular weight excluding hydrogens is 216 g/mol. The van der Waals surface area contributed by atoms with Crippen molar-refractivity contribution in [3.8, 4) is 6.07 Å². The van der Waals surface area contributed by atoms with Crippen LogP contribution >= 0.6 is 0 Å². The van der Waals surface area contributed by atoms with Gasteiger partial charge < -0.3 is 4.90 Å². The monoisotopic (exact) mass is 230 g/mol. The van der Waals surface area contributed by atoms with E-state index in [0.717, 1.165) is 16.9 Å². The number of nitriles is 1. The molecule has 0 aromatic carbocycles. The lowest BCUT2D eigenvalue weighted by Gasteiger charge is -2.24. The van der Waals surface area contributed by atoms with Gasteiger partial charge in [0.2, 0.25) is 0 Å². The third kappa shape index (κ3) is 1.91. The molecule has 0 saturated carbocycles. The summed E-state index contributed by atoms with van der Waals surface area (Å²) in [6, 6.07) is 2.28. The van der Waals surface area contributed by atoms with Gasteiger partial charge in [0.15, 0.2) is 5.65 Å². The molecule has 0 saturated heterocycles. The van der Waals surface area contributed by atoms with Gasteiger partial charge in [-0.3, -0.25) is 4.68 Å². The summed E-state index contributed by atoms with van der Waals surface area (Å²) >= 11 is 0. The fraction of sp³-hybridized carbons (Fsp3) is 0.455. The van der Waals surface area contributed by atoms with Crippen LogP contribution in [0.2, 0.25) is 0 Å². The van der Waals surface area contributed by atoms with E-state index in [2.05, 4.69) is 21.1 Å². The highest BCUT2D eigenvalue weighted by Gasteiger charge is 2.15. The van der Waals surface area contributed by atoms with E-state index < -0.39 is 0 Å². The molecule has 1 atom stereocenters. The zero-order chi connectivity index (χ0) is 12.4. The number of fused-ring (bicyclic) bond motifs is 1. The van der Waals surface area contributed by atoms with Crippen molar-refractivity contribution in [2.45, 2.75) is 19.4 Å². The van der Waals surface area contributed by atoms with E-state index in [1.54, 1.807) is 10.9 Å². The van der Waals surface area contributed by atoms with Crippen molar-refractivity contribution in [1.29, 1.82) is 5.26 Å². The first-order valence-corrected chi connectivity index (χ1v) is 5.37. The molecule has 2 aromatic heterocycles. The highest BCUT2D eigenvalue weighted by molar-refractivity contribution is 5.86. The molecule has 17 heavy (non-hydrogen) atoms. The van der Waals surface area contributed by atoms with Gasteiger partial charge in [0.05, 0.1) is 24.1 Å². The number of rotatable bonds is 3. The van der Waals surface area contributed by atoms with E-state index in [9.17, 15) is 0 Å². The Kier molecular flexibility index (Phi) is 2.91. The third-order valence-corrected chi connectivity index (χ3v) is 2.89. The Hall–Kier alpha value is -2.16. The molecule has 0 aliphatic carbocycles. The van der Waals surface area contributed by atoms with E-state index >= 15 is 0 Å². The van der Waals surface area contributed by atoms with E-state index in [-0.39, 0.29) is 6.04 Å². The molecule has 2 heterocycles. The molecule has 0 fully saturated rings. The minimum Gasteiger partial charge on any atom is -0.355 e. The van der Waals surface area contributed by atoms with Crippen molar-refractivity contribution in [1.82, 2.24) is 19.7 Å². The molecule has 6 nitrogen and oxygen atoms in total.